The Balaban J connectivity index is 0.000000172. The van der Waals surface area contributed by atoms with Crippen LogP contribution in [-0.4, -0.2) is 77.1 Å². The normalized spacial score (nSPS) is 16.1. The molecule has 15 heteroatoms. The smallest absolute Gasteiger partial charge is 0.230 e. The molecule has 6 heterocycles. The second kappa shape index (κ2) is 25.0. The van der Waals surface area contributed by atoms with Crippen molar-refractivity contribution in [2.75, 3.05) is 25.4 Å². The zero-order valence-corrected chi connectivity index (χ0v) is 38.9. The number of nitrogens with one attached hydrogen (secondary N) is 1. The number of carbonyl (C=O) groups excluding carboxylic acids is 3. The predicted octanol–water partition coefficient (Wildman–Crippen LogP) is 8.76. The number of nitrogen functional groups attached to an aromatic ring is 1. The van der Waals surface area contributed by atoms with Crippen molar-refractivity contribution >= 4 is 47.4 Å². The van der Waals surface area contributed by atoms with Crippen molar-refractivity contribution in [3.8, 4) is 33.8 Å². The summed E-state index contributed by atoms with van der Waals surface area (Å²) < 4.78 is 0. The summed E-state index contributed by atoms with van der Waals surface area (Å²) in [7, 11) is 0. The van der Waals surface area contributed by atoms with Crippen LogP contribution in [0.25, 0.3) is 33.8 Å². The number of rotatable bonds is 10. The molecule has 0 aliphatic carbocycles. The lowest BCUT2D eigenvalue weighted by atomic mass is 10.0. The van der Waals surface area contributed by atoms with Crippen molar-refractivity contribution < 1.29 is 14.4 Å². The van der Waals surface area contributed by atoms with E-state index in [0.717, 1.165) is 89.6 Å². The van der Waals surface area contributed by atoms with Gasteiger partial charge in [0.25, 0.3) is 0 Å². The summed E-state index contributed by atoms with van der Waals surface area (Å²) in [6, 6.07) is 29.9. The Hall–Kier alpha value is -6.83. The molecule has 6 aromatic rings. The molecule has 3 aromatic carbocycles. The predicted molar refractivity (Wildman–Crippen MR) is 263 cm³/mol. The zero-order valence-electron chi connectivity index (χ0n) is 37.4. The first-order valence-corrected chi connectivity index (χ1v) is 22.2. The number of aryl methyl sites for hydroxylation is 2. The molecule has 0 radical (unpaired) electrons. The molecule has 3 saturated heterocycles. The van der Waals surface area contributed by atoms with Gasteiger partial charge in [-0.25, -0.2) is 29.9 Å². The molecule has 342 valence electrons. The Kier molecular flexibility index (Phi) is 19.0. The van der Waals surface area contributed by atoms with Crippen LogP contribution in [0.15, 0.2) is 135 Å². The molecule has 3 aliphatic heterocycles. The lowest BCUT2D eigenvalue weighted by Gasteiger charge is -2.11. The van der Waals surface area contributed by atoms with Crippen LogP contribution in [-0.2, 0) is 33.1 Å². The number of likely N-dealkylation sites (tertiary alicyclic amines) is 2. The minimum atomic E-state index is -0.0377. The maximum atomic E-state index is 12.2. The molecule has 0 saturated carbocycles. The highest BCUT2D eigenvalue weighted by Crippen LogP contribution is 2.26. The number of amides is 3. The first-order valence-electron chi connectivity index (χ1n) is 21.7. The molecular formula is C51H56Cl2N10O3. The Morgan fingerprint density at radius 2 is 1.15 bits per heavy atom. The van der Waals surface area contributed by atoms with E-state index in [2.05, 4.69) is 48.4 Å². The van der Waals surface area contributed by atoms with E-state index >= 15 is 0 Å². The second-order valence-electron chi connectivity index (χ2n) is 15.7. The topological polar surface area (TPSA) is 173 Å². The molecule has 9 rings (SSSR count). The molecule has 3 fully saturated rings. The van der Waals surface area contributed by atoms with Gasteiger partial charge in [-0.3, -0.25) is 14.4 Å². The first-order chi connectivity index (χ1) is 31.6. The minimum Gasteiger partial charge on any atom is -0.396 e. The van der Waals surface area contributed by atoms with Crippen LogP contribution in [0.4, 0.5) is 5.69 Å². The molecule has 0 spiro atoms. The summed E-state index contributed by atoms with van der Waals surface area (Å²) in [4.78, 5) is 64.2. The maximum absolute atomic E-state index is 12.2. The van der Waals surface area contributed by atoms with Gasteiger partial charge >= 0.3 is 0 Å². The fourth-order valence-electron chi connectivity index (χ4n) is 7.53. The Morgan fingerprint density at radius 3 is 1.61 bits per heavy atom. The molecule has 66 heavy (non-hydrogen) atoms. The van der Waals surface area contributed by atoms with E-state index in [1.54, 1.807) is 28.4 Å². The highest BCUT2D eigenvalue weighted by Gasteiger charge is 2.31. The van der Waals surface area contributed by atoms with Crippen LogP contribution < -0.4 is 11.1 Å². The van der Waals surface area contributed by atoms with Crippen LogP contribution in [0.1, 0.15) is 54.3 Å². The van der Waals surface area contributed by atoms with Gasteiger partial charge in [0, 0.05) is 79.8 Å². The maximum Gasteiger partial charge on any atom is 0.230 e. The van der Waals surface area contributed by atoms with Gasteiger partial charge in [0.1, 0.15) is 17.5 Å². The lowest BCUT2D eigenvalue weighted by molar-refractivity contribution is -0.129. The van der Waals surface area contributed by atoms with Crippen molar-refractivity contribution in [2.45, 2.75) is 58.3 Å². The molecule has 2 unspecified atom stereocenters. The summed E-state index contributed by atoms with van der Waals surface area (Å²) in [6.07, 6.45) is 13.0. The van der Waals surface area contributed by atoms with Gasteiger partial charge in [-0.05, 0) is 56.6 Å². The fraction of sp³-hybridized carbons (Fsp3) is 0.275. The quantitative estimate of drug-likeness (QED) is 0.127. The first kappa shape index (κ1) is 50.2. The van der Waals surface area contributed by atoms with Crippen LogP contribution in [0, 0.1) is 25.7 Å². The molecule has 3 aliphatic rings. The van der Waals surface area contributed by atoms with Crippen LogP contribution >= 0.6 is 24.0 Å². The highest BCUT2D eigenvalue weighted by atomic mass is 35.5. The molecule has 3 amide bonds. The summed E-state index contributed by atoms with van der Waals surface area (Å²) in [5.74, 6) is 2.77. The van der Waals surface area contributed by atoms with Gasteiger partial charge < -0.3 is 20.9 Å². The van der Waals surface area contributed by atoms with Gasteiger partial charge in [-0.1, -0.05) is 104 Å². The molecule has 3 N–H and O–H groups in total. The molecule has 2 atom stereocenters. The lowest BCUT2D eigenvalue weighted by Crippen LogP contribution is -2.23. The number of aromatic nitrogens is 6. The van der Waals surface area contributed by atoms with Crippen molar-refractivity contribution in [1.29, 1.82) is 0 Å². The van der Waals surface area contributed by atoms with Gasteiger partial charge in [0.05, 0.1) is 34.8 Å². The SMILES string of the molecule is C=CN1CCC(Cc2ncc(C)c(-c3ccccc3)n2)C1=O.C=CN1CCCC1=O.Cc1cnc(CCl)nc1-c1ccccc1.Cl.Nc1cnc(CC2CCNC2=O)nc1-c1ccccc1. The third-order valence-corrected chi connectivity index (χ3v) is 11.3. The fourth-order valence-corrected chi connectivity index (χ4v) is 7.65. The van der Waals surface area contributed by atoms with Crippen LogP contribution in [0.2, 0.25) is 0 Å². The van der Waals surface area contributed by atoms with Gasteiger partial charge in [-0.15, -0.1) is 24.0 Å². The van der Waals surface area contributed by atoms with Crippen molar-refractivity contribution in [1.82, 2.24) is 45.0 Å². The number of benzene rings is 3. The number of halogens is 2. The van der Waals surface area contributed by atoms with Crippen molar-refractivity contribution in [2.24, 2.45) is 11.8 Å². The Morgan fingerprint density at radius 1 is 0.667 bits per heavy atom. The minimum absolute atomic E-state index is 0. The third-order valence-electron chi connectivity index (χ3n) is 11.1. The number of hydrogen-bond acceptors (Lipinski definition) is 10. The number of carbonyl (C=O) groups is 3. The zero-order chi connectivity index (χ0) is 46.1. The summed E-state index contributed by atoms with van der Waals surface area (Å²) in [5.41, 5.74) is 14.4. The number of alkyl halides is 1. The van der Waals surface area contributed by atoms with E-state index in [4.69, 9.17) is 17.3 Å². The van der Waals surface area contributed by atoms with E-state index in [1.165, 1.54) is 0 Å². The van der Waals surface area contributed by atoms with E-state index in [0.29, 0.717) is 42.5 Å². The van der Waals surface area contributed by atoms with E-state index in [-0.39, 0.29) is 42.0 Å². The van der Waals surface area contributed by atoms with E-state index in [9.17, 15) is 14.4 Å². The highest BCUT2D eigenvalue weighted by molar-refractivity contribution is 6.16. The molecular weight excluding hydrogens is 872 g/mol. The number of nitrogens with zero attached hydrogens (tertiary/aromatic N) is 8. The molecule has 13 nitrogen and oxygen atoms in total. The van der Waals surface area contributed by atoms with Crippen molar-refractivity contribution in [3.05, 3.63) is 164 Å². The van der Waals surface area contributed by atoms with Gasteiger partial charge in [-0.2, -0.15) is 0 Å². The number of anilines is 1. The molecule has 3 aromatic heterocycles. The Bertz CT molecular complexity index is 2570. The van der Waals surface area contributed by atoms with Gasteiger partial charge in [0.2, 0.25) is 17.7 Å². The average Bonchev–Trinajstić information content (AvgIpc) is 4.07. The summed E-state index contributed by atoms with van der Waals surface area (Å²) in [5, 5.41) is 2.83. The third kappa shape index (κ3) is 13.6. The second-order valence-corrected chi connectivity index (χ2v) is 16.0. The summed E-state index contributed by atoms with van der Waals surface area (Å²) in [6.45, 7) is 13.5. The molecule has 0 bridgehead atoms. The number of nitrogens with two attached hydrogens (primary N) is 1. The van der Waals surface area contributed by atoms with Crippen LogP contribution in [0.5, 0.6) is 0 Å². The van der Waals surface area contributed by atoms with E-state index in [1.807, 2.05) is 117 Å². The largest absolute Gasteiger partial charge is 0.396 e. The van der Waals surface area contributed by atoms with E-state index < -0.39 is 0 Å². The monoisotopic (exact) mass is 926 g/mol. The van der Waals surface area contributed by atoms with Gasteiger partial charge in [0.15, 0.2) is 0 Å². The summed E-state index contributed by atoms with van der Waals surface area (Å²) >= 11 is 5.71. The van der Waals surface area contributed by atoms with Crippen LogP contribution in [0.3, 0.4) is 0 Å². The standard InChI is InChI=1S/C18H19N3O.C15H16N4O.C12H11ClN2.C6H9NO.ClH/c1-3-21-10-9-15(18(21)22)11-16-19-12-13(2)17(20-16)14-7-5-4-6-8-14;16-12-9-18-13(8-11-6-7-17-15(11)20)19-14(12)10-4-2-1-3-5-10;1-9-8-14-11(7-13)15-12(9)10-5-3-2-4-6-10;1-2-7-5-3-4-6(7)8;/h3-8,12,15H,1,9-11H2,2H3;1-5,9,11H,6-8,16H2,(H,17,20);2-6,8H,7H2,1H3;2H,1,3-5H2;1H. The number of hydrogen-bond donors (Lipinski definition) is 2. The Labute approximate surface area is 398 Å². The van der Waals surface area contributed by atoms with Crippen molar-refractivity contribution in [3.63, 3.8) is 0 Å². The average molecular weight is 928 g/mol.